The zero-order chi connectivity index (χ0) is 19.5. The third-order valence-corrected chi connectivity index (χ3v) is 7.18. The highest BCUT2D eigenvalue weighted by Crippen LogP contribution is 2.63. The summed E-state index contributed by atoms with van der Waals surface area (Å²) in [5.41, 5.74) is -0.345. The van der Waals surface area contributed by atoms with Crippen molar-refractivity contribution < 1.29 is 22.3 Å². The fourth-order valence-electron chi connectivity index (χ4n) is 4.83. The first kappa shape index (κ1) is 19.6. The Morgan fingerprint density at radius 1 is 1.35 bits per heavy atom. The van der Waals surface area contributed by atoms with Crippen molar-refractivity contribution in [1.82, 2.24) is 0 Å². The molecule has 0 heterocycles. The molecule has 0 amide bonds. The Hall–Kier alpha value is -1.14. The number of sulfone groups is 1. The lowest BCUT2D eigenvalue weighted by Crippen LogP contribution is -2.44. The van der Waals surface area contributed by atoms with E-state index in [9.17, 15) is 17.6 Å². The van der Waals surface area contributed by atoms with Crippen molar-refractivity contribution >= 4 is 27.2 Å². The topological polar surface area (TPSA) is 60.4 Å². The Morgan fingerprint density at radius 3 is 2.54 bits per heavy atom. The maximum atomic E-state index is 14.5. The summed E-state index contributed by atoms with van der Waals surface area (Å²) < 4.78 is 43.2. The molecule has 0 aliphatic heterocycles. The summed E-state index contributed by atoms with van der Waals surface area (Å²) >= 11 is 6.24. The van der Waals surface area contributed by atoms with Gasteiger partial charge in [-0.25, -0.2) is 12.8 Å². The second-order valence-electron chi connectivity index (χ2n) is 8.67. The third kappa shape index (κ3) is 3.38. The second kappa shape index (κ2) is 6.20. The van der Waals surface area contributed by atoms with Crippen molar-refractivity contribution in [3.05, 3.63) is 28.5 Å². The van der Waals surface area contributed by atoms with E-state index >= 15 is 0 Å². The maximum Gasteiger partial charge on any atom is 0.180 e. The van der Waals surface area contributed by atoms with Crippen LogP contribution in [0.1, 0.15) is 50.4 Å². The number of Topliss-reactive ketones (excluding diaryl/α,β-unsaturated/α-hetero) is 1. The van der Waals surface area contributed by atoms with Gasteiger partial charge in [0.15, 0.2) is 15.6 Å². The molecule has 2 fully saturated rings. The van der Waals surface area contributed by atoms with E-state index in [0.717, 1.165) is 25.2 Å². The predicted octanol–water partition coefficient (Wildman–Crippen LogP) is 4.30. The van der Waals surface area contributed by atoms with E-state index in [1.165, 1.54) is 12.5 Å². The Labute approximate surface area is 159 Å². The third-order valence-electron chi connectivity index (χ3n) is 6.10. The molecule has 4 nitrogen and oxygen atoms in total. The molecule has 2 saturated carbocycles. The van der Waals surface area contributed by atoms with E-state index in [2.05, 4.69) is 20.8 Å². The number of hydrogen-bond donors (Lipinski definition) is 0. The lowest BCUT2D eigenvalue weighted by molar-refractivity contribution is -0.0144. The van der Waals surface area contributed by atoms with Crippen LogP contribution in [0.25, 0.3) is 0 Å². The molecule has 3 atom stereocenters. The van der Waals surface area contributed by atoms with Crippen molar-refractivity contribution in [2.45, 2.75) is 46.1 Å². The van der Waals surface area contributed by atoms with Gasteiger partial charge in [0.05, 0.1) is 10.6 Å². The average molecular weight is 403 g/mol. The summed E-state index contributed by atoms with van der Waals surface area (Å²) in [5.74, 6) is -1.62. The van der Waals surface area contributed by atoms with E-state index in [0.29, 0.717) is 5.92 Å². The van der Waals surface area contributed by atoms with Gasteiger partial charge in [0.25, 0.3) is 0 Å². The van der Waals surface area contributed by atoms with Crippen LogP contribution in [0.3, 0.4) is 0 Å². The molecule has 0 aromatic heterocycles. The molecule has 0 unspecified atom stereocenters. The number of ether oxygens (including phenoxy) is 1. The first-order chi connectivity index (χ1) is 11.8. The molecular formula is C19H24ClFO4S. The summed E-state index contributed by atoms with van der Waals surface area (Å²) in [6.07, 6.45) is 4.15. The molecule has 2 aliphatic carbocycles. The smallest absolute Gasteiger partial charge is 0.180 e. The molecule has 2 aliphatic rings. The molecule has 144 valence electrons. The lowest BCUT2D eigenvalue weighted by atomic mass is 9.70. The molecule has 7 heteroatoms. The van der Waals surface area contributed by atoms with Crippen LogP contribution in [0.2, 0.25) is 5.02 Å². The van der Waals surface area contributed by atoms with Gasteiger partial charge in [-0.05, 0) is 31.2 Å². The van der Waals surface area contributed by atoms with E-state index in [1.807, 2.05) is 0 Å². The summed E-state index contributed by atoms with van der Waals surface area (Å²) in [5, 5.41) is 0.116. The number of hydrogen-bond acceptors (Lipinski definition) is 4. The van der Waals surface area contributed by atoms with Crippen LogP contribution in [0.5, 0.6) is 5.75 Å². The normalized spacial score (nSPS) is 29.8. The van der Waals surface area contributed by atoms with Gasteiger partial charge in [0, 0.05) is 23.2 Å². The second-order valence-corrected chi connectivity index (χ2v) is 11.2. The van der Waals surface area contributed by atoms with Crippen LogP contribution in [0.4, 0.5) is 4.39 Å². The van der Waals surface area contributed by atoms with Crippen LogP contribution in [-0.4, -0.2) is 32.3 Å². The number of rotatable bonds is 5. The van der Waals surface area contributed by atoms with Gasteiger partial charge in [0.1, 0.15) is 23.4 Å². The zero-order valence-corrected chi connectivity index (χ0v) is 17.0. The molecule has 26 heavy (non-hydrogen) atoms. The first-order valence-electron chi connectivity index (χ1n) is 8.70. The van der Waals surface area contributed by atoms with E-state index in [4.69, 9.17) is 16.3 Å². The summed E-state index contributed by atoms with van der Waals surface area (Å²) in [6.45, 7) is 6.53. The number of carbonyl (C=O) groups is 1. The zero-order valence-electron chi connectivity index (χ0n) is 15.4. The van der Waals surface area contributed by atoms with Gasteiger partial charge < -0.3 is 4.74 Å². The van der Waals surface area contributed by atoms with E-state index in [1.54, 1.807) is 0 Å². The average Bonchev–Trinajstić information content (AvgIpc) is 2.95. The lowest BCUT2D eigenvalue weighted by Gasteiger charge is -2.42. The number of ketones is 1. The highest BCUT2D eigenvalue weighted by Gasteiger charge is 2.61. The molecule has 0 radical (unpaired) electrons. The van der Waals surface area contributed by atoms with Gasteiger partial charge in [-0.3, -0.25) is 4.79 Å². The van der Waals surface area contributed by atoms with Crippen molar-refractivity contribution in [3.63, 3.8) is 0 Å². The molecular weight excluding hydrogens is 379 g/mol. The molecule has 3 rings (SSSR count). The van der Waals surface area contributed by atoms with Gasteiger partial charge >= 0.3 is 0 Å². The predicted molar refractivity (Wildman–Crippen MR) is 99.1 cm³/mol. The standard InChI is InChI=1S/C19H24ClFO4S/c1-18(2)11-5-6-19(3,9-11)17(18)25-16-8-14(21)12(7-13(16)20)15(22)10-26(4,23)24/h7-8,11,17H,5-6,9-10H2,1-4H3/t11-,17-,19+/m0/s1. The number of fused-ring (bicyclic) bond motifs is 2. The van der Waals surface area contributed by atoms with Gasteiger partial charge in [0.2, 0.25) is 0 Å². The maximum absolute atomic E-state index is 14.5. The van der Waals surface area contributed by atoms with Crippen molar-refractivity contribution in [2.75, 3.05) is 12.0 Å². The number of benzene rings is 1. The Bertz CT molecular complexity index is 860. The highest BCUT2D eigenvalue weighted by atomic mass is 35.5. The monoisotopic (exact) mass is 402 g/mol. The Kier molecular flexibility index (Phi) is 4.67. The molecule has 0 N–H and O–H groups in total. The van der Waals surface area contributed by atoms with Gasteiger partial charge in [-0.1, -0.05) is 32.4 Å². The Balaban J connectivity index is 1.89. The number of halogens is 2. The minimum absolute atomic E-state index is 0.0265. The first-order valence-corrected chi connectivity index (χ1v) is 11.1. The van der Waals surface area contributed by atoms with Crippen molar-refractivity contribution in [3.8, 4) is 5.75 Å². The summed E-state index contributed by atoms with van der Waals surface area (Å²) in [7, 11) is -3.55. The quantitative estimate of drug-likeness (QED) is 0.689. The van der Waals surface area contributed by atoms with Crippen LogP contribution < -0.4 is 4.74 Å². The van der Waals surface area contributed by atoms with Crippen LogP contribution in [0, 0.1) is 22.6 Å². The van der Waals surface area contributed by atoms with E-state index in [-0.39, 0.29) is 33.3 Å². The van der Waals surface area contributed by atoms with Crippen LogP contribution in [-0.2, 0) is 9.84 Å². The van der Waals surface area contributed by atoms with Gasteiger partial charge in [-0.2, -0.15) is 0 Å². The van der Waals surface area contributed by atoms with Crippen molar-refractivity contribution in [2.24, 2.45) is 16.7 Å². The van der Waals surface area contributed by atoms with Gasteiger partial charge in [-0.15, -0.1) is 0 Å². The molecule has 1 aromatic carbocycles. The number of carbonyl (C=O) groups excluding carboxylic acids is 1. The Morgan fingerprint density at radius 2 is 2.00 bits per heavy atom. The van der Waals surface area contributed by atoms with E-state index < -0.39 is 27.2 Å². The molecule has 0 spiro atoms. The molecule has 0 saturated heterocycles. The SMILES string of the molecule is CC1(C)[C@H]2CC[C@](C)(C2)[C@H]1Oc1cc(F)c(C(=O)CS(C)(=O)=O)cc1Cl. The largest absolute Gasteiger partial charge is 0.488 e. The fourth-order valence-corrected chi connectivity index (χ4v) is 5.67. The summed E-state index contributed by atoms with van der Waals surface area (Å²) in [6, 6.07) is 2.27. The van der Waals surface area contributed by atoms with Crippen molar-refractivity contribution in [1.29, 1.82) is 0 Å². The fraction of sp³-hybridized carbons (Fsp3) is 0.632. The minimum Gasteiger partial charge on any atom is -0.488 e. The summed E-state index contributed by atoms with van der Waals surface area (Å²) in [4.78, 5) is 12.0. The minimum atomic E-state index is -3.55. The van der Waals surface area contributed by atoms with Crippen LogP contribution >= 0.6 is 11.6 Å². The molecule has 1 aromatic rings. The highest BCUT2D eigenvalue weighted by molar-refractivity contribution is 7.91. The van der Waals surface area contributed by atoms with Crippen LogP contribution in [0.15, 0.2) is 12.1 Å². The molecule has 2 bridgehead atoms.